The third kappa shape index (κ3) is 5.74. The SMILES string of the molecule is CF.O=S(OC1=CCC(C(F)(F)F)CC1)C(F)F. The Hall–Kier alpha value is -0.730. The standard InChI is InChI=1S/C8H9F5O2S.CH3F/c9-7(10)16(14)15-6-3-1-5(2-4-6)8(11,12)13;1-2/h3,5,7H,1-2,4H2;1H3. The van der Waals surface area contributed by atoms with Crippen LogP contribution in [0, 0.1) is 5.92 Å². The van der Waals surface area contributed by atoms with Crippen molar-refractivity contribution in [1.29, 1.82) is 0 Å². The van der Waals surface area contributed by atoms with Crippen molar-refractivity contribution in [3.63, 3.8) is 0 Å². The summed E-state index contributed by atoms with van der Waals surface area (Å²) in [6.07, 6.45) is -3.89. The Morgan fingerprint density at radius 1 is 1.39 bits per heavy atom. The van der Waals surface area contributed by atoms with Gasteiger partial charge in [0.05, 0.1) is 13.1 Å². The molecule has 1 aliphatic carbocycles. The molecule has 0 N–H and O–H groups in total. The van der Waals surface area contributed by atoms with Crippen LogP contribution in [0.2, 0.25) is 0 Å². The van der Waals surface area contributed by atoms with E-state index in [1.165, 1.54) is 0 Å². The normalized spacial score (nSPS) is 21.8. The lowest BCUT2D eigenvalue weighted by Crippen LogP contribution is -2.25. The smallest absolute Gasteiger partial charge is 0.392 e. The molecule has 0 aromatic rings. The van der Waals surface area contributed by atoms with Crippen LogP contribution in [0.15, 0.2) is 11.8 Å². The molecule has 0 saturated carbocycles. The summed E-state index contributed by atoms with van der Waals surface area (Å²) in [4.78, 5) is 0. The van der Waals surface area contributed by atoms with Crippen molar-refractivity contribution >= 4 is 11.1 Å². The average Bonchev–Trinajstić information content (AvgIpc) is 2.31. The fraction of sp³-hybridized carbons (Fsp3) is 0.778. The monoisotopic (exact) mass is 298 g/mol. The van der Waals surface area contributed by atoms with Gasteiger partial charge in [0, 0.05) is 6.42 Å². The van der Waals surface area contributed by atoms with Crippen LogP contribution in [-0.2, 0) is 15.3 Å². The lowest BCUT2D eigenvalue weighted by atomic mass is 9.93. The summed E-state index contributed by atoms with van der Waals surface area (Å²) in [5.74, 6) is -4.68. The Kier molecular flexibility index (Phi) is 7.34. The van der Waals surface area contributed by atoms with Crippen LogP contribution in [0.25, 0.3) is 0 Å². The molecule has 2 unspecified atom stereocenters. The fourth-order valence-electron chi connectivity index (χ4n) is 1.32. The first kappa shape index (κ1) is 17.3. The molecule has 0 aromatic heterocycles. The predicted octanol–water partition coefficient (Wildman–Crippen LogP) is 3.72. The van der Waals surface area contributed by atoms with Crippen molar-refractivity contribution in [2.45, 2.75) is 31.2 Å². The lowest BCUT2D eigenvalue weighted by Gasteiger charge is -2.23. The molecule has 0 amide bonds. The Bertz CT molecular complexity index is 302. The van der Waals surface area contributed by atoms with Gasteiger partial charge in [-0.05, 0) is 18.9 Å². The molecule has 0 fully saturated rings. The van der Waals surface area contributed by atoms with Crippen LogP contribution in [0.1, 0.15) is 19.3 Å². The van der Waals surface area contributed by atoms with Crippen LogP contribution in [0.4, 0.5) is 26.3 Å². The van der Waals surface area contributed by atoms with E-state index >= 15 is 0 Å². The summed E-state index contributed by atoms with van der Waals surface area (Å²) in [6.45, 7) is 0. The van der Waals surface area contributed by atoms with Crippen molar-refractivity contribution in [2.24, 2.45) is 5.92 Å². The van der Waals surface area contributed by atoms with Gasteiger partial charge in [0.1, 0.15) is 5.76 Å². The number of halogens is 6. The fourth-order valence-corrected chi connectivity index (χ4v) is 1.76. The number of rotatable bonds is 3. The maximum Gasteiger partial charge on any atom is 0.392 e. The summed E-state index contributed by atoms with van der Waals surface area (Å²) in [6, 6.07) is 0. The van der Waals surface area contributed by atoms with Crippen molar-refractivity contribution in [2.75, 3.05) is 7.18 Å². The zero-order valence-corrected chi connectivity index (χ0v) is 10.2. The quantitative estimate of drug-likeness (QED) is 0.742. The highest BCUT2D eigenvalue weighted by Crippen LogP contribution is 2.37. The topological polar surface area (TPSA) is 26.3 Å². The number of hydrogen-bond donors (Lipinski definition) is 0. The number of alkyl halides is 6. The third-order valence-corrected chi connectivity index (χ3v) is 2.84. The summed E-state index contributed by atoms with van der Waals surface area (Å²) < 4.78 is 84.7. The van der Waals surface area contributed by atoms with E-state index in [0.29, 0.717) is 7.18 Å². The van der Waals surface area contributed by atoms with Gasteiger partial charge in [-0.1, -0.05) is 0 Å². The molecule has 0 heterocycles. The zero-order chi connectivity index (χ0) is 14.3. The zero-order valence-electron chi connectivity index (χ0n) is 9.35. The Labute approximate surface area is 103 Å². The van der Waals surface area contributed by atoms with E-state index in [-0.39, 0.29) is 25.0 Å². The first-order chi connectivity index (χ1) is 8.30. The molecule has 1 rings (SSSR count). The van der Waals surface area contributed by atoms with Gasteiger partial charge in [0.2, 0.25) is 0 Å². The van der Waals surface area contributed by atoms with Crippen molar-refractivity contribution in [3.05, 3.63) is 11.8 Å². The molecule has 9 heteroatoms. The molecule has 0 radical (unpaired) electrons. The van der Waals surface area contributed by atoms with Gasteiger partial charge in [-0.25, -0.2) is 4.21 Å². The van der Waals surface area contributed by atoms with E-state index < -0.39 is 28.9 Å². The molecular weight excluding hydrogens is 286 g/mol. The molecule has 0 spiro atoms. The highest BCUT2D eigenvalue weighted by Gasteiger charge is 2.40. The Morgan fingerprint density at radius 2 is 1.94 bits per heavy atom. The van der Waals surface area contributed by atoms with Crippen molar-refractivity contribution in [3.8, 4) is 0 Å². The summed E-state index contributed by atoms with van der Waals surface area (Å²) in [5.41, 5.74) is 0. The van der Waals surface area contributed by atoms with Gasteiger partial charge >= 0.3 is 11.9 Å². The van der Waals surface area contributed by atoms with Gasteiger partial charge in [-0.15, -0.1) is 0 Å². The first-order valence-corrected chi connectivity index (χ1v) is 5.95. The minimum absolute atomic E-state index is 0.0564. The van der Waals surface area contributed by atoms with Crippen LogP contribution in [-0.4, -0.2) is 23.3 Å². The maximum atomic E-state index is 12.2. The second-order valence-corrected chi connectivity index (χ2v) is 4.33. The van der Waals surface area contributed by atoms with Crippen LogP contribution < -0.4 is 0 Å². The molecule has 108 valence electrons. The van der Waals surface area contributed by atoms with E-state index in [1.54, 1.807) is 0 Å². The molecule has 0 saturated heterocycles. The molecule has 18 heavy (non-hydrogen) atoms. The van der Waals surface area contributed by atoms with E-state index in [4.69, 9.17) is 0 Å². The van der Waals surface area contributed by atoms with Gasteiger partial charge in [-0.2, -0.15) is 22.0 Å². The van der Waals surface area contributed by atoms with Crippen LogP contribution in [0.3, 0.4) is 0 Å². The molecule has 2 atom stereocenters. The maximum absolute atomic E-state index is 12.2. The minimum Gasteiger partial charge on any atom is -0.401 e. The largest absolute Gasteiger partial charge is 0.401 e. The van der Waals surface area contributed by atoms with Crippen LogP contribution >= 0.6 is 0 Å². The number of hydrogen-bond acceptors (Lipinski definition) is 2. The summed E-state index contributed by atoms with van der Waals surface area (Å²) in [7, 11) is 0.500. The minimum atomic E-state index is -4.29. The van der Waals surface area contributed by atoms with Crippen molar-refractivity contribution in [1.82, 2.24) is 0 Å². The molecule has 0 aromatic carbocycles. The first-order valence-electron chi connectivity index (χ1n) is 4.81. The summed E-state index contributed by atoms with van der Waals surface area (Å²) in [5, 5.41) is 0. The number of allylic oxidation sites excluding steroid dienone is 2. The van der Waals surface area contributed by atoms with Crippen molar-refractivity contribution < 1.29 is 34.7 Å². The van der Waals surface area contributed by atoms with E-state index in [1.807, 2.05) is 0 Å². The Morgan fingerprint density at radius 3 is 2.28 bits per heavy atom. The molecule has 0 bridgehead atoms. The van der Waals surface area contributed by atoms with E-state index in [9.17, 15) is 30.6 Å². The van der Waals surface area contributed by atoms with Gasteiger partial charge in [0.15, 0.2) is 0 Å². The Balaban J connectivity index is 0.00000137. The molecule has 0 aliphatic heterocycles. The molecule has 2 nitrogen and oxygen atoms in total. The highest BCUT2D eigenvalue weighted by atomic mass is 32.2. The van der Waals surface area contributed by atoms with Gasteiger partial charge in [-0.3, -0.25) is 4.39 Å². The average molecular weight is 298 g/mol. The molecule has 1 aliphatic rings. The third-order valence-electron chi connectivity index (χ3n) is 2.17. The molecular formula is C9H12F6O2S. The van der Waals surface area contributed by atoms with E-state index in [0.717, 1.165) is 6.08 Å². The van der Waals surface area contributed by atoms with Crippen LogP contribution in [0.5, 0.6) is 0 Å². The lowest BCUT2D eigenvalue weighted by molar-refractivity contribution is -0.176. The predicted molar refractivity (Wildman–Crippen MR) is 53.7 cm³/mol. The highest BCUT2D eigenvalue weighted by molar-refractivity contribution is 7.80. The second-order valence-electron chi connectivity index (χ2n) is 3.29. The van der Waals surface area contributed by atoms with Gasteiger partial charge < -0.3 is 4.18 Å². The second kappa shape index (κ2) is 7.65. The van der Waals surface area contributed by atoms with Gasteiger partial charge in [0.25, 0.3) is 11.1 Å². The summed E-state index contributed by atoms with van der Waals surface area (Å²) >= 11 is -2.78. The van der Waals surface area contributed by atoms with E-state index in [2.05, 4.69) is 4.18 Å².